The molecule has 1 aromatic heterocycles. The van der Waals surface area contributed by atoms with E-state index in [4.69, 9.17) is 25.6 Å². The molecule has 0 aliphatic heterocycles. The summed E-state index contributed by atoms with van der Waals surface area (Å²) in [5, 5.41) is 3.84. The lowest BCUT2D eigenvalue weighted by atomic mass is 10.2. The Bertz CT molecular complexity index is 513. The molecule has 17 heavy (non-hydrogen) atoms. The van der Waals surface area contributed by atoms with Gasteiger partial charge in [-0.15, -0.1) is 11.6 Å². The van der Waals surface area contributed by atoms with Crippen LogP contribution in [0.25, 0.3) is 11.4 Å². The Morgan fingerprint density at radius 3 is 2.71 bits per heavy atom. The standard InChI is InChI=1S/C11H11ClN2O3/c1-15-8-5-3-4-7(10(8)16-2)11-13-9(6-12)17-14-11/h3-5H,6H2,1-2H3. The van der Waals surface area contributed by atoms with Gasteiger partial charge in [-0.2, -0.15) is 4.98 Å². The van der Waals surface area contributed by atoms with Crippen molar-refractivity contribution in [2.45, 2.75) is 5.88 Å². The molecule has 6 heteroatoms. The third-order valence-corrected chi connectivity index (χ3v) is 2.45. The highest BCUT2D eigenvalue weighted by Gasteiger charge is 2.16. The van der Waals surface area contributed by atoms with E-state index in [-0.39, 0.29) is 5.88 Å². The number of aromatic nitrogens is 2. The molecular formula is C11H11ClN2O3. The van der Waals surface area contributed by atoms with Gasteiger partial charge in [-0.1, -0.05) is 11.2 Å². The minimum atomic E-state index is 0.180. The number of ether oxygens (including phenoxy) is 2. The second kappa shape index (κ2) is 5.05. The van der Waals surface area contributed by atoms with E-state index >= 15 is 0 Å². The molecule has 1 aromatic carbocycles. The third kappa shape index (κ3) is 2.19. The lowest BCUT2D eigenvalue weighted by Crippen LogP contribution is -1.94. The quantitative estimate of drug-likeness (QED) is 0.785. The number of methoxy groups -OCH3 is 2. The normalized spacial score (nSPS) is 10.3. The van der Waals surface area contributed by atoms with E-state index in [1.165, 1.54) is 0 Å². The van der Waals surface area contributed by atoms with Crippen LogP contribution in [0.1, 0.15) is 5.89 Å². The number of halogens is 1. The Hall–Kier alpha value is -1.75. The van der Waals surface area contributed by atoms with Gasteiger partial charge in [0.2, 0.25) is 11.7 Å². The van der Waals surface area contributed by atoms with Gasteiger partial charge in [0, 0.05) is 0 Å². The van der Waals surface area contributed by atoms with E-state index < -0.39 is 0 Å². The van der Waals surface area contributed by atoms with E-state index in [9.17, 15) is 0 Å². The topological polar surface area (TPSA) is 57.4 Å². The maximum absolute atomic E-state index is 5.61. The zero-order valence-corrected chi connectivity index (χ0v) is 10.2. The van der Waals surface area contributed by atoms with Crippen LogP contribution in [-0.4, -0.2) is 24.4 Å². The Balaban J connectivity index is 2.50. The molecule has 90 valence electrons. The predicted octanol–water partition coefficient (Wildman–Crippen LogP) is 2.49. The van der Waals surface area contributed by atoms with Gasteiger partial charge < -0.3 is 14.0 Å². The first kappa shape index (κ1) is 11.7. The van der Waals surface area contributed by atoms with Crippen molar-refractivity contribution in [3.63, 3.8) is 0 Å². The average molecular weight is 255 g/mol. The summed E-state index contributed by atoms with van der Waals surface area (Å²) in [5.74, 6) is 2.15. The Morgan fingerprint density at radius 1 is 1.29 bits per heavy atom. The molecule has 0 spiro atoms. The van der Waals surface area contributed by atoms with Gasteiger partial charge in [-0.05, 0) is 12.1 Å². The summed E-state index contributed by atoms with van der Waals surface area (Å²) in [6, 6.07) is 5.45. The van der Waals surface area contributed by atoms with E-state index in [0.717, 1.165) is 0 Å². The number of nitrogens with zero attached hydrogens (tertiary/aromatic N) is 2. The van der Waals surface area contributed by atoms with Crippen LogP contribution in [0, 0.1) is 0 Å². The molecule has 0 radical (unpaired) electrons. The smallest absolute Gasteiger partial charge is 0.241 e. The zero-order chi connectivity index (χ0) is 12.3. The molecule has 0 aliphatic carbocycles. The Morgan fingerprint density at radius 2 is 2.12 bits per heavy atom. The Kier molecular flexibility index (Phi) is 3.49. The van der Waals surface area contributed by atoms with E-state index in [0.29, 0.717) is 28.8 Å². The fourth-order valence-electron chi connectivity index (χ4n) is 1.48. The summed E-state index contributed by atoms with van der Waals surface area (Å²) in [5.41, 5.74) is 0.701. The molecule has 1 heterocycles. The summed E-state index contributed by atoms with van der Waals surface area (Å²) in [4.78, 5) is 4.14. The zero-order valence-electron chi connectivity index (χ0n) is 9.44. The summed E-state index contributed by atoms with van der Waals surface area (Å²) in [6.45, 7) is 0. The van der Waals surface area contributed by atoms with Crippen molar-refractivity contribution in [3.05, 3.63) is 24.1 Å². The second-order valence-electron chi connectivity index (χ2n) is 3.19. The molecule has 0 bridgehead atoms. The molecule has 0 saturated carbocycles. The first-order valence-electron chi connectivity index (χ1n) is 4.90. The monoisotopic (exact) mass is 254 g/mol. The first-order chi connectivity index (χ1) is 8.30. The van der Waals surface area contributed by atoms with Gasteiger partial charge in [0.25, 0.3) is 0 Å². The molecule has 0 atom stereocenters. The second-order valence-corrected chi connectivity index (χ2v) is 3.45. The molecule has 2 aromatic rings. The van der Waals surface area contributed by atoms with Crippen LogP contribution in [0.15, 0.2) is 22.7 Å². The van der Waals surface area contributed by atoms with Crippen molar-refractivity contribution < 1.29 is 14.0 Å². The van der Waals surface area contributed by atoms with Crippen LogP contribution in [0.4, 0.5) is 0 Å². The lowest BCUT2D eigenvalue weighted by molar-refractivity contribution is 0.355. The maximum atomic E-state index is 5.61. The van der Waals surface area contributed by atoms with Crippen LogP contribution in [-0.2, 0) is 5.88 Å². The van der Waals surface area contributed by atoms with Gasteiger partial charge in [-0.3, -0.25) is 0 Å². The van der Waals surface area contributed by atoms with Gasteiger partial charge in [0.05, 0.1) is 19.8 Å². The van der Waals surface area contributed by atoms with E-state index in [2.05, 4.69) is 10.1 Å². The molecule has 2 rings (SSSR count). The van der Waals surface area contributed by atoms with E-state index in [1.54, 1.807) is 20.3 Å². The molecule has 0 fully saturated rings. The van der Waals surface area contributed by atoms with Gasteiger partial charge >= 0.3 is 0 Å². The van der Waals surface area contributed by atoms with E-state index in [1.807, 2.05) is 12.1 Å². The molecule has 0 N–H and O–H groups in total. The summed E-state index contributed by atoms with van der Waals surface area (Å²) in [6.07, 6.45) is 0. The van der Waals surface area contributed by atoms with Crippen molar-refractivity contribution >= 4 is 11.6 Å². The number of para-hydroxylation sites is 1. The molecule has 0 unspecified atom stereocenters. The Labute approximate surface area is 103 Å². The van der Waals surface area contributed by atoms with Gasteiger partial charge in [0.15, 0.2) is 11.5 Å². The third-order valence-electron chi connectivity index (χ3n) is 2.23. The SMILES string of the molecule is COc1cccc(-c2noc(CCl)n2)c1OC. The van der Waals surface area contributed by atoms with Crippen LogP contribution in [0.2, 0.25) is 0 Å². The molecule has 5 nitrogen and oxygen atoms in total. The molecule has 0 saturated heterocycles. The average Bonchev–Trinajstić information content (AvgIpc) is 2.86. The summed E-state index contributed by atoms with van der Waals surface area (Å²) < 4.78 is 15.4. The van der Waals surface area contributed by atoms with Crippen LogP contribution in [0.3, 0.4) is 0 Å². The van der Waals surface area contributed by atoms with Crippen molar-refractivity contribution in [2.75, 3.05) is 14.2 Å². The molecular weight excluding hydrogens is 244 g/mol. The highest BCUT2D eigenvalue weighted by Crippen LogP contribution is 2.36. The largest absolute Gasteiger partial charge is 0.493 e. The van der Waals surface area contributed by atoms with Crippen LogP contribution < -0.4 is 9.47 Å². The van der Waals surface area contributed by atoms with Crippen LogP contribution >= 0.6 is 11.6 Å². The van der Waals surface area contributed by atoms with Crippen molar-refractivity contribution in [2.24, 2.45) is 0 Å². The van der Waals surface area contributed by atoms with Crippen molar-refractivity contribution in [1.29, 1.82) is 0 Å². The van der Waals surface area contributed by atoms with Gasteiger partial charge in [-0.25, -0.2) is 0 Å². The van der Waals surface area contributed by atoms with Crippen molar-refractivity contribution in [3.8, 4) is 22.9 Å². The van der Waals surface area contributed by atoms with Crippen molar-refractivity contribution in [1.82, 2.24) is 10.1 Å². The number of alkyl halides is 1. The number of rotatable bonds is 4. The molecule has 0 amide bonds. The minimum Gasteiger partial charge on any atom is -0.493 e. The molecule has 0 aliphatic rings. The highest BCUT2D eigenvalue weighted by molar-refractivity contribution is 6.16. The van der Waals surface area contributed by atoms with Crippen LogP contribution in [0.5, 0.6) is 11.5 Å². The number of hydrogen-bond acceptors (Lipinski definition) is 5. The van der Waals surface area contributed by atoms with Gasteiger partial charge in [0.1, 0.15) is 5.88 Å². The highest BCUT2D eigenvalue weighted by atomic mass is 35.5. The lowest BCUT2D eigenvalue weighted by Gasteiger charge is -2.09. The fourth-order valence-corrected chi connectivity index (χ4v) is 1.59. The number of benzene rings is 1. The summed E-state index contributed by atoms with van der Waals surface area (Å²) >= 11 is 5.61. The number of hydrogen-bond donors (Lipinski definition) is 0. The first-order valence-corrected chi connectivity index (χ1v) is 5.43. The maximum Gasteiger partial charge on any atom is 0.241 e. The fraction of sp³-hybridized carbons (Fsp3) is 0.273. The predicted molar refractivity (Wildman–Crippen MR) is 62.4 cm³/mol. The summed E-state index contributed by atoms with van der Waals surface area (Å²) in [7, 11) is 3.13. The minimum absolute atomic E-state index is 0.180.